The highest BCUT2D eigenvalue weighted by molar-refractivity contribution is 5.54. The Labute approximate surface area is 198 Å². The lowest BCUT2D eigenvalue weighted by molar-refractivity contribution is 0.436. The summed E-state index contributed by atoms with van der Waals surface area (Å²) < 4.78 is 0. The number of aryl methyl sites for hydroxylation is 1. The number of nitrogens with zero attached hydrogens (tertiary/aromatic N) is 1. The quantitative estimate of drug-likeness (QED) is 0.235. The van der Waals surface area contributed by atoms with Gasteiger partial charge in [-0.2, -0.15) is 0 Å². The Bertz CT molecular complexity index is 830. The van der Waals surface area contributed by atoms with Gasteiger partial charge in [-0.25, -0.2) is 0 Å². The van der Waals surface area contributed by atoms with Gasteiger partial charge in [0.2, 0.25) is 0 Å². The van der Waals surface area contributed by atoms with Crippen LogP contribution in [0, 0.1) is 18.3 Å². The molecule has 0 amide bonds. The Balaban J connectivity index is 1.92. The first kappa shape index (κ1) is 26.0. The zero-order valence-electron chi connectivity index (χ0n) is 21.4. The van der Waals surface area contributed by atoms with Crippen LogP contribution in [0.1, 0.15) is 78.7 Å². The van der Waals surface area contributed by atoms with Gasteiger partial charge in [-0.05, 0) is 87.5 Å². The van der Waals surface area contributed by atoms with Crippen molar-refractivity contribution in [3.8, 4) is 0 Å². The summed E-state index contributed by atoms with van der Waals surface area (Å²) in [7, 11) is 0. The zero-order valence-corrected chi connectivity index (χ0v) is 21.4. The molecule has 0 saturated carbocycles. The molecule has 174 valence electrons. The van der Waals surface area contributed by atoms with Crippen LogP contribution < -0.4 is 4.90 Å². The average molecular weight is 432 g/mol. The molecule has 32 heavy (non-hydrogen) atoms. The highest BCUT2D eigenvalue weighted by Gasteiger charge is 2.18. The van der Waals surface area contributed by atoms with Gasteiger partial charge in [0.05, 0.1) is 0 Å². The average Bonchev–Trinajstić information content (AvgIpc) is 2.80. The van der Waals surface area contributed by atoms with Crippen molar-refractivity contribution in [2.45, 2.75) is 80.1 Å². The third-order valence-electron chi connectivity index (χ3n) is 6.71. The molecular formula is C31H45N. The molecular weight excluding hydrogens is 386 g/mol. The maximum absolute atomic E-state index is 2.46. The second-order valence-corrected chi connectivity index (χ2v) is 9.86. The Morgan fingerprint density at radius 3 is 2.53 bits per heavy atom. The molecule has 1 heteroatoms. The van der Waals surface area contributed by atoms with E-state index in [0.717, 1.165) is 32.2 Å². The van der Waals surface area contributed by atoms with Gasteiger partial charge in [-0.1, -0.05) is 87.9 Å². The Morgan fingerprint density at radius 2 is 1.91 bits per heavy atom. The molecule has 2 rings (SSSR count). The second-order valence-electron chi connectivity index (χ2n) is 9.86. The van der Waals surface area contributed by atoms with Crippen LogP contribution in [-0.2, 0) is 0 Å². The first-order chi connectivity index (χ1) is 15.4. The standard InChI is InChI=1S/C31H45N/c1-7-15-28(31(5,6)8-2)18-14-17-26(3)16-12-13-25-32(29-19-10-9-11-20-29)30-23-21-27(4)22-24-30/h7,9-10,12-13,15,18-19,21-24,26H,8,11,14,16-17,20,25H2,1-6H3/b13-12-,15-7-,28-18+. The smallest absolute Gasteiger partial charge is 0.0411 e. The number of benzene rings is 1. The van der Waals surface area contributed by atoms with Crippen molar-refractivity contribution in [3.05, 3.63) is 89.7 Å². The Hall–Kier alpha value is -2.28. The number of hydrogen-bond acceptors (Lipinski definition) is 1. The summed E-state index contributed by atoms with van der Waals surface area (Å²) in [6.45, 7) is 14.6. The maximum Gasteiger partial charge on any atom is 0.0411 e. The van der Waals surface area contributed by atoms with Crippen molar-refractivity contribution >= 4 is 5.69 Å². The molecule has 0 N–H and O–H groups in total. The largest absolute Gasteiger partial charge is 0.341 e. The van der Waals surface area contributed by atoms with Gasteiger partial charge in [0.1, 0.15) is 0 Å². The van der Waals surface area contributed by atoms with E-state index in [9.17, 15) is 0 Å². The van der Waals surface area contributed by atoms with Crippen molar-refractivity contribution in [1.29, 1.82) is 0 Å². The van der Waals surface area contributed by atoms with Crippen LogP contribution in [0.15, 0.2) is 84.1 Å². The lowest BCUT2D eigenvalue weighted by Crippen LogP contribution is -2.23. The monoisotopic (exact) mass is 431 g/mol. The summed E-state index contributed by atoms with van der Waals surface area (Å²) in [5, 5.41) is 0. The van der Waals surface area contributed by atoms with Crippen LogP contribution in [0.3, 0.4) is 0 Å². The van der Waals surface area contributed by atoms with Crippen LogP contribution in [-0.4, -0.2) is 6.54 Å². The SMILES string of the molecule is C/C=C\C(=C/CCC(C)C/C=C\CN(C1=CC=CCC1)c1ccc(C)cc1)C(C)(C)CC. The molecule has 1 aliphatic carbocycles. The van der Waals surface area contributed by atoms with Crippen LogP contribution in [0.25, 0.3) is 0 Å². The molecule has 1 aromatic rings. The van der Waals surface area contributed by atoms with Gasteiger partial charge in [0.25, 0.3) is 0 Å². The molecule has 0 radical (unpaired) electrons. The van der Waals surface area contributed by atoms with Gasteiger partial charge >= 0.3 is 0 Å². The number of allylic oxidation sites excluding steroid dienone is 9. The van der Waals surface area contributed by atoms with Crippen molar-refractivity contribution in [1.82, 2.24) is 0 Å². The van der Waals surface area contributed by atoms with E-state index in [1.54, 1.807) is 0 Å². The first-order valence-electron chi connectivity index (χ1n) is 12.6. The molecule has 1 aromatic carbocycles. The van der Waals surface area contributed by atoms with E-state index in [0.29, 0.717) is 5.92 Å². The summed E-state index contributed by atoms with van der Waals surface area (Å²) in [4.78, 5) is 2.46. The maximum atomic E-state index is 2.46. The van der Waals surface area contributed by atoms with E-state index in [4.69, 9.17) is 0 Å². The van der Waals surface area contributed by atoms with Gasteiger partial charge in [-0.3, -0.25) is 0 Å². The summed E-state index contributed by atoms with van der Waals surface area (Å²) in [6, 6.07) is 8.92. The zero-order chi connectivity index (χ0) is 23.4. The normalized spacial score (nSPS) is 16.1. The lowest BCUT2D eigenvalue weighted by atomic mass is 9.80. The van der Waals surface area contributed by atoms with E-state index in [1.165, 1.54) is 35.4 Å². The summed E-state index contributed by atoms with van der Waals surface area (Å²) in [5.41, 5.74) is 5.75. The Morgan fingerprint density at radius 1 is 1.16 bits per heavy atom. The van der Waals surface area contributed by atoms with Crippen LogP contribution >= 0.6 is 0 Å². The van der Waals surface area contributed by atoms with Gasteiger partial charge < -0.3 is 4.90 Å². The number of hydrogen-bond donors (Lipinski definition) is 0. The third-order valence-corrected chi connectivity index (χ3v) is 6.71. The molecule has 1 unspecified atom stereocenters. The van der Waals surface area contributed by atoms with E-state index in [-0.39, 0.29) is 5.41 Å². The number of rotatable bonds is 12. The predicted molar refractivity (Wildman–Crippen MR) is 144 cm³/mol. The molecule has 1 nitrogen and oxygen atoms in total. The summed E-state index contributed by atoms with van der Waals surface area (Å²) in [6.07, 6.45) is 25.4. The molecule has 1 atom stereocenters. The summed E-state index contributed by atoms with van der Waals surface area (Å²) >= 11 is 0. The van der Waals surface area contributed by atoms with Crippen LogP contribution in [0.2, 0.25) is 0 Å². The number of anilines is 1. The molecule has 0 saturated heterocycles. The van der Waals surface area contributed by atoms with E-state index in [1.807, 2.05) is 0 Å². The molecule has 0 aliphatic heterocycles. The topological polar surface area (TPSA) is 3.24 Å². The fourth-order valence-corrected chi connectivity index (χ4v) is 4.03. The highest BCUT2D eigenvalue weighted by Crippen LogP contribution is 2.32. The molecule has 0 aromatic heterocycles. The first-order valence-corrected chi connectivity index (χ1v) is 12.6. The van der Waals surface area contributed by atoms with Gasteiger partial charge in [0.15, 0.2) is 0 Å². The van der Waals surface area contributed by atoms with Crippen LogP contribution in [0.5, 0.6) is 0 Å². The minimum atomic E-state index is 0.262. The van der Waals surface area contributed by atoms with Crippen molar-refractivity contribution in [2.75, 3.05) is 11.4 Å². The summed E-state index contributed by atoms with van der Waals surface area (Å²) in [5.74, 6) is 0.698. The Kier molecular flexibility index (Phi) is 10.8. The molecule has 0 fully saturated rings. The van der Waals surface area contributed by atoms with Gasteiger partial charge in [0, 0.05) is 17.9 Å². The highest BCUT2D eigenvalue weighted by atomic mass is 15.1. The predicted octanol–water partition coefficient (Wildman–Crippen LogP) is 9.34. The van der Waals surface area contributed by atoms with Gasteiger partial charge in [-0.15, -0.1) is 0 Å². The molecule has 1 aliphatic rings. The fourth-order valence-electron chi connectivity index (χ4n) is 4.03. The third kappa shape index (κ3) is 8.34. The van der Waals surface area contributed by atoms with Crippen molar-refractivity contribution in [2.24, 2.45) is 11.3 Å². The van der Waals surface area contributed by atoms with E-state index in [2.05, 4.69) is 119 Å². The molecule has 0 heterocycles. The van der Waals surface area contributed by atoms with Crippen molar-refractivity contribution < 1.29 is 0 Å². The minimum absolute atomic E-state index is 0.262. The molecule has 0 spiro atoms. The second kappa shape index (κ2) is 13.3. The van der Waals surface area contributed by atoms with Crippen molar-refractivity contribution in [3.63, 3.8) is 0 Å². The minimum Gasteiger partial charge on any atom is -0.341 e. The van der Waals surface area contributed by atoms with E-state index < -0.39 is 0 Å². The van der Waals surface area contributed by atoms with Crippen LogP contribution in [0.4, 0.5) is 5.69 Å². The van der Waals surface area contributed by atoms with E-state index >= 15 is 0 Å². The molecule has 0 bridgehead atoms. The lowest BCUT2D eigenvalue weighted by Gasteiger charge is -2.27. The fraction of sp³-hybridized carbons (Fsp3) is 0.484.